The van der Waals surface area contributed by atoms with Crippen molar-refractivity contribution in [1.82, 2.24) is 0 Å². The molecule has 0 aliphatic heterocycles. The predicted octanol–water partition coefficient (Wildman–Crippen LogP) is 5.36. The maximum atomic E-state index is 5.78. The lowest BCUT2D eigenvalue weighted by Crippen LogP contribution is -1.91. The minimum Gasteiger partial charge on any atom is -0.385 e. The minimum absolute atomic E-state index is 0.806. The van der Waals surface area contributed by atoms with Gasteiger partial charge in [-0.2, -0.15) is 0 Å². The van der Waals surface area contributed by atoms with Crippen molar-refractivity contribution in [2.45, 2.75) is 47.0 Å². The molecule has 0 unspecified atom stereocenters. The van der Waals surface area contributed by atoms with Crippen LogP contribution in [0.3, 0.4) is 0 Å². The van der Waals surface area contributed by atoms with E-state index in [0.29, 0.717) is 0 Å². The second-order valence-electron chi connectivity index (χ2n) is 3.08. The molecule has 0 fully saturated rings. The van der Waals surface area contributed by atoms with Crippen molar-refractivity contribution < 1.29 is 4.74 Å². The van der Waals surface area contributed by atoms with Gasteiger partial charge in [-0.05, 0) is 37.0 Å². The average molecular weight is 259 g/mol. The molecule has 17 heavy (non-hydrogen) atoms. The Balaban J connectivity index is 0. The van der Waals surface area contributed by atoms with E-state index in [1.165, 1.54) is 12.0 Å². The average Bonchev–Trinajstić information content (AvgIpc) is 2.41. The zero-order valence-electron chi connectivity index (χ0n) is 11.9. The maximum absolute atomic E-state index is 5.78. The summed E-state index contributed by atoms with van der Waals surface area (Å²) < 4.78 is 4.98. The van der Waals surface area contributed by atoms with Gasteiger partial charge in [0.1, 0.15) is 0 Å². The molecule has 0 atom stereocenters. The zero-order chi connectivity index (χ0) is 13.5. The summed E-state index contributed by atoms with van der Waals surface area (Å²) >= 11 is 5.78. The largest absolute Gasteiger partial charge is 0.385 e. The van der Waals surface area contributed by atoms with Crippen LogP contribution in [0.4, 0.5) is 0 Å². The van der Waals surface area contributed by atoms with Gasteiger partial charge in [0.05, 0.1) is 0 Å². The van der Waals surface area contributed by atoms with Gasteiger partial charge in [-0.3, -0.25) is 0 Å². The first-order valence-corrected chi connectivity index (χ1v) is 6.94. The number of ether oxygens (including phenoxy) is 1. The van der Waals surface area contributed by atoms with Gasteiger partial charge in [-0.25, -0.2) is 0 Å². The fourth-order valence-corrected chi connectivity index (χ4v) is 1.35. The molecule has 0 N–H and O–H groups in total. The van der Waals surface area contributed by atoms with Crippen molar-refractivity contribution >= 4 is 11.6 Å². The Bertz CT molecular complexity index is 231. The fraction of sp³-hybridized carbons (Fsp3) is 0.600. The number of aryl methyl sites for hydroxylation is 1. The van der Waals surface area contributed by atoms with Crippen LogP contribution < -0.4 is 0 Å². The van der Waals surface area contributed by atoms with Crippen molar-refractivity contribution in [3.63, 3.8) is 0 Å². The Morgan fingerprint density at radius 1 is 0.941 bits per heavy atom. The topological polar surface area (TPSA) is 9.23 Å². The molecule has 2 heteroatoms. The van der Waals surface area contributed by atoms with Gasteiger partial charge in [0.25, 0.3) is 0 Å². The maximum Gasteiger partial charge on any atom is 0.0462 e. The standard InChI is InChI=1S/C11H15ClO.2C2H6/c1-13-9-3-2-4-10-5-7-11(12)8-6-10;2*1-2/h5-8H,2-4,9H2,1H3;2*1-2H3. The number of rotatable bonds is 5. The molecule has 0 spiro atoms. The summed E-state index contributed by atoms with van der Waals surface area (Å²) in [4.78, 5) is 0. The quantitative estimate of drug-likeness (QED) is 0.646. The summed E-state index contributed by atoms with van der Waals surface area (Å²) in [6, 6.07) is 8.03. The number of hydrogen-bond donors (Lipinski definition) is 0. The van der Waals surface area contributed by atoms with E-state index in [-0.39, 0.29) is 0 Å². The van der Waals surface area contributed by atoms with Gasteiger partial charge in [0.2, 0.25) is 0 Å². The lowest BCUT2D eigenvalue weighted by Gasteiger charge is -2.00. The van der Waals surface area contributed by atoms with Gasteiger partial charge in [-0.15, -0.1) is 0 Å². The molecule has 1 nitrogen and oxygen atoms in total. The molecular formula is C15H27ClO. The minimum atomic E-state index is 0.806. The number of halogens is 1. The number of hydrogen-bond acceptors (Lipinski definition) is 1. The van der Waals surface area contributed by atoms with Crippen molar-refractivity contribution in [3.8, 4) is 0 Å². The second kappa shape index (κ2) is 15.5. The van der Waals surface area contributed by atoms with Crippen LogP contribution in [0, 0.1) is 0 Å². The van der Waals surface area contributed by atoms with Gasteiger partial charge in [0, 0.05) is 18.7 Å². The van der Waals surface area contributed by atoms with E-state index in [1.54, 1.807) is 7.11 Å². The van der Waals surface area contributed by atoms with Crippen LogP contribution in [0.1, 0.15) is 46.1 Å². The first-order chi connectivity index (χ1) is 8.33. The molecule has 0 amide bonds. The van der Waals surface area contributed by atoms with Gasteiger partial charge in [-0.1, -0.05) is 51.4 Å². The molecule has 1 aromatic rings. The van der Waals surface area contributed by atoms with Crippen LogP contribution in [-0.2, 0) is 11.2 Å². The molecule has 0 heterocycles. The zero-order valence-corrected chi connectivity index (χ0v) is 12.7. The lowest BCUT2D eigenvalue weighted by atomic mass is 10.1. The Hall–Kier alpha value is -0.530. The van der Waals surface area contributed by atoms with Gasteiger partial charge < -0.3 is 4.74 Å². The molecule has 0 aromatic heterocycles. The first-order valence-electron chi connectivity index (χ1n) is 6.56. The number of benzene rings is 1. The van der Waals surface area contributed by atoms with Crippen LogP contribution in [-0.4, -0.2) is 13.7 Å². The Morgan fingerprint density at radius 2 is 1.47 bits per heavy atom. The predicted molar refractivity (Wildman–Crippen MR) is 79.0 cm³/mol. The van der Waals surface area contributed by atoms with Crippen molar-refractivity contribution in [1.29, 1.82) is 0 Å². The van der Waals surface area contributed by atoms with E-state index >= 15 is 0 Å². The summed E-state index contributed by atoms with van der Waals surface area (Å²) in [6.45, 7) is 8.85. The third-order valence-electron chi connectivity index (χ3n) is 1.98. The third-order valence-corrected chi connectivity index (χ3v) is 2.23. The number of methoxy groups -OCH3 is 1. The molecule has 0 saturated carbocycles. The summed E-state index contributed by atoms with van der Waals surface area (Å²) in [5.41, 5.74) is 1.35. The van der Waals surface area contributed by atoms with Gasteiger partial charge in [0.15, 0.2) is 0 Å². The lowest BCUT2D eigenvalue weighted by molar-refractivity contribution is 0.193. The van der Waals surface area contributed by atoms with Crippen molar-refractivity contribution in [2.75, 3.05) is 13.7 Å². The fourth-order valence-electron chi connectivity index (χ4n) is 1.23. The first kappa shape index (κ1) is 18.8. The van der Waals surface area contributed by atoms with E-state index < -0.39 is 0 Å². The van der Waals surface area contributed by atoms with Crippen LogP contribution in [0.15, 0.2) is 24.3 Å². The highest BCUT2D eigenvalue weighted by Crippen LogP contribution is 2.11. The highest BCUT2D eigenvalue weighted by atomic mass is 35.5. The molecule has 100 valence electrons. The van der Waals surface area contributed by atoms with E-state index in [9.17, 15) is 0 Å². The third kappa shape index (κ3) is 11.7. The van der Waals surface area contributed by atoms with Crippen LogP contribution in [0.2, 0.25) is 5.02 Å². The van der Waals surface area contributed by atoms with Gasteiger partial charge >= 0.3 is 0 Å². The van der Waals surface area contributed by atoms with Crippen LogP contribution in [0.5, 0.6) is 0 Å². The van der Waals surface area contributed by atoms with E-state index in [0.717, 1.165) is 24.5 Å². The molecular weight excluding hydrogens is 232 g/mol. The molecule has 0 aliphatic rings. The summed E-state index contributed by atoms with van der Waals surface area (Å²) in [6.07, 6.45) is 3.41. The second-order valence-corrected chi connectivity index (χ2v) is 3.51. The highest BCUT2D eigenvalue weighted by Gasteiger charge is 1.93. The monoisotopic (exact) mass is 258 g/mol. The molecule has 1 aromatic carbocycles. The van der Waals surface area contributed by atoms with Crippen molar-refractivity contribution in [2.24, 2.45) is 0 Å². The number of unbranched alkanes of at least 4 members (excludes halogenated alkanes) is 1. The molecule has 0 radical (unpaired) electrons. The van der Waals surface area contributed by atoms with E-state index in [4.69, 9.17) is 16.3 Å². The van der Waals surface area contributed by atoms with E-state index in [2.05, 4.69) is 12.1 Å². The molecule has 0 aliphatic carbocycles. The Morgan fingerprint density at radius 3 is 1.94 bits per heavy atom. The SMILES string of the molecule is CC.CC.COCCCCc1ccc(Cl)cc1. The summed E-state index contributed by atoms with van der Waals surface area (Å²) in [7, 11) is 1.74. The van der Waals surface area contributed by atoms with E-state index in [1.807, 2.05) is 39.8 Å². The molecule has 1 rings (SSSR count). The van der Waals surface area contributed by atoms with Crippen LogP contribution in [0.25, 0.3) is 0 Å². The summed E-state index contributed by atoms with van der Waals surface area (Å²) in [5.74, 6) is 0. The smallest absolute Gasteiger partial charge is 0.0462 e. The molecule has 0 bridgehead atoms. The van der Waals surface area contributed by atoms with Crippen molar-refractivity contribution in [3.05, 3.63) is 34.9 Å². The Kier molecular flexibility index (Phi) is 17.1. The summed E-state index contributed by atoms with van der Waals surface area (Å²) in [5, 5.41) is 0.806. The molecule has 0 saturated heterocycles. The normalized spacial score (nSPS) is 8.59. The van der Waals surface area contributed by atoms with Crippen LogP contribution >= 0.6 is 11.6 Å². The highest BCUT2D eigenvalue weighted by molar-refractivity contribution is 6.30. The Labute approximate surface area is 112 Å².